The predicted molar refractivity (Wildman–Crippen MR) is 88.0 cm³/mol. The summed E-state index contributed by atoms with van der Waals surface area (Å²) in [4.78, 5) is 37.6. The van der Waals surface area contributed by atoms with Crippen LogP contribution in [0.5, 0.6) is 0 Å². The maximum Gasteiger partial charge on any atom is 0.407 e. The highest BCUT2D eigenvalue weighted by molar-refractivity contribution is 7.99. The Bertz CT molecular complexity index is 440. The number of nitrogens with one attached hydrogen (secondary N) is 2. The molecule has 0 aromatic heterocycles. The first kappa shape index (κ1) is 17.9. The molecule has 2 N–H and O–H groups in total. The lowest BCUT2D eigenvalue weighted by Crippen LogP contribution is -2.49. The summed E-state index contributed by atoms with van der Waals surface area (Å²) in [5, 5.41) is 5.33. The van der Waals surface area contributed by atoms with Crippen molar-refractivity contribution in [2.75, 3.05) is 31.3 Å². The SMILES string of the molecule is CCOC(=O)NCCNC(=O)C1CSCN1C(=O)C1CCCC1. The van der Waals surface area contributed by atoms with Crippen LogP contribution in [0.25, 0.3) is 0 Å². The Labute approximate surface area is 140 Å². The topological polar surface area (TPSA) is 87.7 Å². The molecule has 2 fully saturated rings. The van der Waals surface area contributed by atoms with Crippen LogP contribution in [0, 0.1) is 5.92 Å². The van der Waals surface area contributed by atoms with E-state index in [0.29, 0.717) is 31.3 Å². The van der Waals surface area contributed by atoms with Crippen LogP contribution in [0.3, 0.4) is 0 Å². The normalized spacial score (nSPS) is 21.3. The molecule has 1 aliphatic heterocycles. The Morgan fingerprint density at radius 2 is 1.87 bits per heavy atom. The van der Waals surface area contributed by atoms with Gasteiger partial charge in [0.1, 0.15) is 6.04 Å². The second-order valence-corrected chi connectivity index (χ2v) is 6.74. The number of thioether (sulfide) groups is 1. The van der Waals surface area contributed by atoms with Crippen molar-refractivity contribution in [3.8, 4) is 0 Å². The van der Waals surface area contributed by atoms with Gasteiger partial charge in [0, 0.05) is 24.8 Å². The largest absolute Gasteiger partial charge is 0.450 e. The fourth-order valence-corrected chi connectivity index (χ4v) is 4.10. The first-order chi connectivity index (χ1) is 11.1. The number of hydrogen-bond acceptors (Lipinski definition) is 5. The van der Waals surface area contributed by atoms with Crippen molar-refractivity contribution in [1.82, 2.24) is 15.5 Å². The van der Waals surface area contributed by atoms with Gasteiger partial charge in [-0.25, -0.2) is 4.79 Å². The second-order valence-electron chi connectivity index (χ2n) is 5.74. The number of hydrogen-bond donors (Lipinski definition) is 2. The van der Waals surface area contributed by atoms with Gasteiger partial charge in [0.05, 0.1) is 12.5 Å². The van der Waals surface area contributed by atoms with Gasteiger partial charge >= 0.3 is 6.09 Å². The molecule has 1 unspecified atom stereocenters. The summed E-state index contributed by atoms with van der Waals surface area (Å²) in [6.07, 6.45) is 3.60. The Balaban J connectivity index is 1.74. The van der Waals surface area contributed by atoms with E-state index in [1.165, 1.54) is 0 Å². The minimum Gasteiger partial charge on any atom is -0.450 e. The van der Waals surface area contributed by atoms with Gasteiger partial charge in [-0.05, 0) is 19.8 Å². The lowest BCUT2D eigenvalue weighted by atomic mass is 10.1. The second kappa shape index (κ2) is 9.00. The zero-order chi connectivity index (χ0) is 16.7. The van der Waals surface area contributed by atoms with Gasteiger partial charge in [0.2, 0.25) is 11.8 Å². The summed E-state index contributed by atoms with van der Waals surface area (Å²) < 4.78 is 4.74. The van der Waals surface area contributed by atoms with E-state index in [0.717, 1.165) is 25.7 Å². The summed E-state index contributed by atoms with van der Waals surface area (Å²) in [6.45, 7) is 2.68. The third-order valence-corrected chi connectivity index (χ3v) is 5.15. The van der Waals surface area contributed by atoms with E-state index in [2.05, 4.69) is 10.6 Å². The standard InChI is InChI=1S/C15H25N3O4S/c1-2-22-15(21)17-8-7-16-13(19)12-9-23-10-18(12)14(20)11-5-3-4-6-11/h11-12H,2-10H2,1H3,(H,16,19)(H,17,21). The van der Waals surface area contributed by atoms with Crippen molar-refractivity contribution in [3.63, 3.8) is 0 Å². The molecule has 1 aliphatic carbocycles. The molecule has 0 spiro atoms. The van der Waals surface area contributed by atoms with E-state index in [4.69, 9.17) is 4.74 Å². The first-order valence-electron chi connectivity index (χ1n) is 8.20. The molecule has 2 aliphatic rings. The number of carbonyl (C=O) groups is 3. The first-order valence-corrected chi connectivity index (χ1v) is 9.35. The molecule has 0 bridgehead atoms. The highest BCUT2D eigenvalue weighted by Gasteiger charge is 2.38. The zero-order valence-corrected chi connectivity index (χ0v) is 14.3. The van der Waals surface area contributed by atoms with Gasteiger partial charge in [-0.3, -0.25) is 9.59 Å². The minimum absolute atomic E-state index is 0.0921. The average Bonchev–Trinajstić information content (AvgIpc) is 3.21. The summed E-state index contributed by atoms with van der Waals surface area (Å²) in [5.41, 5.74) is 0. The number of alkyl carbamates (subject to hydrolysis) is 1. The molecular weight excluding hydrogens is 318 g/mol. The Hall–Kier alpha value is -1.44. The van der Waals surface area contributed by atoms with E-state index in [1.54, 1.807) is 23.6 Å². The molecule has 3 amide bonds. The lowest BCUT2D eigenvalue weighted by Gasteiger charge is -2.25. The maximum absolute atomic E-state index is 12.5. The smallest absolute Gasteiger partial charge is 0.407 e. The molecule has 1 heterocycles. The van der Waals surface area contributed by atoms with Gasteiger partial charge in [-0.2, -0.15) is 0 Å². The third-order valence-electron chi connectivity index (χ3n) is 4.14. The van der Waals surface area contributed by atoms with Gasteiger partial charge in [0.15, 0.2) is 0 Å². The number of nitrogens with zero attached hydrogens (tertiary/aromatic N) is 1. The zero-order valence-electron chi connectivity index (χ0n) is 13.5. The molecular formula is C15H25N3O4S. The van der Waals surface area contributed by atoms with E-state index < -0.39 is 12.1 Å². The lowest BCUT2D eigenvalue weighted by molar-refractivity contribution is -0.141. The van der Waals surface area contributed by atoms with Crippen molar-refractivity contribution < 1.29 is 19.1 Å². The van der Waals surface area contributed by atoms with Crippen LogP contribution in [0.4, 0.5) is 4.79 Å². The molecule has 0 radical (unpaired) electrons. The third kappa shape index (κ3) is 5.02. The van der Waals surface area contributed by atoms with Gasteiger partial charge in [-0.1, -0.05) is 12.8 Å². The molecule has 0 aromatic rings. The molecule has 1 saturated heterocycles. The van der Waals surface area contributed by atoms with E-state index >= 15 is 0 Å². The summed E-state index contributed by atoms with van der Waals surface area (Å²) in [5.74, 6) is 1.29. The number of carbonyl (C=O) groups excluding carboxylic acids is 3. The minimum atomic E-state index is -0.490. The Morgan fingerprint density at radius 1 is 1.17 bits per heavy atom. The molecule has 130 valence electrons. The van der Waals surface area contributed by atoms with Crippen LogP contribution in [0.15, 0.2) is 0 Å². The van der Waals surface area contributed by atoms with Gasteiger partial charge in [0.25, 0.3) is 0 Å². The highest BCUT2D eigenvalue weighted by Crippen LogP contribution is 2.30. The molecule has 2 rings (SSSR count). The number of ether oxygens (including phenoxy) is 1. The van der Waals surface area contributed by atoms with Gasteiger partial charge < -0.3 is 20.3 Å². The van der Waals surface area contributed by atoms with Crippen molar-refractivity contribution in [3.05, 3.63) is 0 Å². The fraction of sp³-hybridized carbons (Fsp3) is 0.800. The molecule has 8 heteroatoms. The van der Waals surface area contributed by atoms with Crippen LogP contribution in [0.1, 0.15) is 32.6 Å². The van der Waals surface area contributed by atoms with E-state index in [1.807, 2.05) is 0 Å². The Morgan fingerprint density at radius 3 is 2.57 bits per heavy atom. The summed E-state index contributed by atoms with van der Waals surface area (Å²) in [6, 6.07) is -0.393. The van der Waals surface area contributed by atoms with Crippen molar-refractivity contribution >= 4 is 29.7 Å². The van der Waals surface area contributed by atoms with Crippen LogP contribution in [-0.4, -0.2) is 60.2 Å². The maximum atomic E-state index is 12.5. The molecule has 7 nitrogen and oxygen atoms in total. The molecule has 1 saturated carbocycles. The van der Waals surface area contributed by atoms with Crippen molar-refractivity contribution in [1.29, 1.82) is 0 Å². The quantitative estimate of drug-likeness (QED) is 0.701. The van der Waals surface area contributed by atoms with Crippen LogP contribution >= 0.6 is 11.8 Å². The average molecular weight is 343 g/mol. The molecule has 23 heavy (non-hydrogen) atoms. The molecule has 0 aromatic carbocycles. The fourth-order valence-electron chi connectivity index (χ4n) is 2.93. The van der Waals surface area contributed by atoms with Crippen molar-refractivity contribution in [2.45, 2.75) is 38.6 Å². The summed E-state index contributed by atoms with van der Waals surface area (Å²) in [7, 11) is 0. The monoisotopic (exact) mass is 343 g/mol. The van der Waals surface area contributed by atoms with E-state index in [9.17, 15) is 14.4 Å². The van der Waals surface area contributed by atoms with Crippen molar-refractivity contribution in [2.24, 2.45) is 5.92 Å². The molecule has 1 atom stereocenters. The highest BCUT2D eigenvalue weighted by atomic mass is 32.2. The van der Waals surface area contributed by atoms with Gasteiger partial charge in [-0.15, -0.1) is 11.8 Å². The Kier molecular flexibility index (Phi) is 7.01. The summed E-state index contributed by atoms with van der Waals surface area (Å²) >= 11 is 1.61. The predicted octanol–water partition coefficient (Wildman–Crippen LogP) is 0.940. The van der Waals surface area contributed by atoms with Crippen LogP contribution in [0.2, 0.25) is 0 Å². The van der Waals surface area contributed by atoms with Crippen LogP contribution in [-0.2, 0) is 14.3 Å². The number of rotatable bonds is 6. The van der Waals surface area contributed by atoms with E-state index in [-0.39, 0.29) is 17.7 Å². The number of amides is 3. The van der Waals surface area contributed by atoms with Crippen LogP contribution < -0.4 is 10.6 Å².